The van der Waals surface area contributed by atoms with Crippen molar-refractivity contribution in [1.29, 1.82) is 0 Å². The molecule has 0 aromatic heterocycles. The highest BCUT2D eigenvalue weighted by Crippen LogP contribution is 2.49. The zero-order chi connectivity index (χ0) is 12.1. The van der Waals surface area contributed by atoms with Gasteiger partial charge in [0, 0.05) is 11.3 Å². The first-order valence-corrected chi connectivity index (χ1v) is 7.97. The van der Waals surface area contributed by atoms with Gasteiger partial charge in [-0.3, -0.25) is 10.1 Å². The van der Waals surface area contributed by atoms with Crippen LogP contribution in [0.4, 0.5) is 0 Å². The zero-order valence-electron chi connectivity index (χ0n) is 10.8. The fraction of sp³-hybridized carbons (Fsp3) is 0.923. The number of nitrogens with one attached hydrogen (secondary N) is 1. The van der Waals surface area contributed by atoms with Gasteiger partial charge in [-0.25, -0.2) is 0 Å². The summed E-state index contributed by atoms with van der Waals surface area (Å²) in [6.45, 7) is 3.09. The molecule has 1 spiro atoms. The predicted molar refractivity (Wildman–Crippen MR) is 71.0 cm³/mol. The van der Waals surface area contributed by atoms with Crippen molar-refractivity contribution in [3.8, 4) is 0 Å². The topological polar surface area (TPSA) is 32.3 Å². The number of carbonyl (C=O) groups is 1. The predicted octanol–water partition coefficient (Wildman–Crippen LogP) is 1.97. The molecule has 0 aromatic rings. The maximum atomic E-state index is 12.6. The van der Waals surface area contributed by atoms with Crippen LogP contribution in [0.5, 0.6) is 0 Å². The third kappa shape index (κ3) is 1.80. The first-order chi connectivity index (χ1) is 8.11. The number of hydrogen-bond acceptors (Lipinski definition) is 3. The van der Waals surface area contributed by atoms with E-state index in [0.29, 0.717) is 10.7 Å². The van der Waals surface area contributed by atoms with Crippen LogP contribution < -0.4 is 5.32 Å². The van der Waals surface area contributed by atoms with E-state index in [9.17, 15) is 4.79 Å². The Morgan fingerprint density at radius 2 is 2.00 bits per heavy atom. The van der Waals surface area contributed by atoms with Crippen molar-refractivity contribution in [2.24, 2.45) is 0 Å². The zero-order valence-corrected chi connectivity index (χ0v) is 11.6. The number of nitrogens with zero attached hydrogens (tertiary/aromatic N) is 1. The summed E-state index contributed by atoms with van der Waals surface area (Å²) >= 11 is 1.94. The van der Waals surface area contributed by atoms with Gasteiger partial charge in [-0.15, -0.1) is 0 Å². The Balaban J connectivity index is 1.75. The van der Waals surface area contributed by atoms with Crippen LogP contribution in [0.25, 0.3) is 0 Å². The Morgan fingerprint density at radius 1 is 1.35 bits per heavy atom. The molecule has 4 heteroatoms. The van der Waals surface area contributed by atoms with Crippen LogP contribution in [0.15, 0.2) is 0 Å². The highest BCUT2D eigenvalue weighted by Gasteiger charge is 2.54. The Labute approximate surface area is 108 Å². The molecule has 1 aliphatic heterocycles. The first kappa shape index (κ1) is 11.8. The smallest absolute Gasteiger partial charge is 0.244 e. The quantitative estimate of drug-likeness (QED) is 0.836. The van der Waals surface area contributed by atoms with Crippen LogP contribution in [0.3, 0.4) is 0 Å². The van der Waals surface area contributed by atoms with Crippen molar-refractivity contribution in [2.75, 3.05) is 12.8 Å². The number of rotatable bonds is 3. The maximum absolute atomic E-state index is 12.6. The summed E-state index contributed by atoms with van der Waals surface area (Å²) in [4.78, 5) is 14.7. The number of carbonyl (C=O) groups excluding carboxylic acids is 1. The standard InChI is InChI=1S/C13H22N2OS/c1-10-14-13(5-3-4-6-13)11(16)15(10)9-12(17-2)7-8-12/h10,14H,3-9H2,1-2H3. The van der Waals surface area contributed by atoms with E-state index in [1.165, 1.54) is 25.7 Å². The molecule has 0 radical (unpaired) electrons. The normalized spacial score (nSPS) is 33.6. The van der Waals surface area contributed by atoms with E-state index in [4.69, 9.17) is 0 Å². The lowest BCUT2D eigenvalue weighted by atomic mass is 9.98. The molecule has 3 aliphatic rings. The molecule has 3 fully saturated rings. The SMILES string of the molecule is CSC1(CN2C(=O)C3(CCCC3)NC2C)CC1. The van der Waals surface area contributed by atoms with Gasteiger partial charge in [0.25, 0.3) is 0 Å². The van der Waals surface area contributed by atoms with Crippen molar-refractivity contribution < 1.29 is 4.79 Å². The van der Waals surface area contributed by atoms with Crippen LogP contribution in [0.2, 0.25) is 0 Å². The van der Waals surface area contributed by atoms with E-state index in [1.807, 2.05) is 11.8 Å². The Bertz CT molecular complexity index is 334. The Kier molecular flexibility index (Phi) is 2.71. The second-order valence-electron chi connectivity index (χ2n) is 5.93. The minimum Gasteiger partial charge on any atom is -0.324 e. The van der Waals surface area contributed by atoms with Gasteiger partial charge in [0.1, 0.15) is 0 Å². The van der Waals surface area contributed by atoms with Crippen molar-refractivity contribution in [1.82, 2.24) is 10.2 Å². The summed E-state index contributed by atoms with van der Waals surface area (Å²) < 4.78 is 0.385. The molecule has 1 heterocycles. The lowest BCUT2D eigenvalue weighted by Gasteiger charge is -2.26. The van der Waals surface area contributed by atoms with E-state index in [1.54, 1.807) is 0 Å². The molecular formula is C13H22N2OS. The maximum Gasteiger partial charge on any atom is 0.244 e. The summed E-state index contributed by atoms with van der Waals surface area (Å²) in [7, 11) is 0. The summed E-state index contributed by atoms with van der Waals surface area (Å²) in [6.07, 6.45) is 9.44. The van der Waals surface area contributed by atoms with E-state index in [-0.39, 0.29) is 11.7 Å². The van der Waals surface area contributed by atoms with Crippen molar-refractivity contribution in [3.05, 3.63) is 0 Å². The van der Waals surface area contributed by atoms with Crippen LogP contribution in [0, 0.1) is 0 Å². The van der Waals surface area contributed by atoms with Gasteiger partial charge < -0.3 is 4.90 Å². The molecule has 0 bridgehead atoms. The van der Waals surface area contributed by atoms with Crippen LogP contribution in [0.1, 0.15) is 45.4 Å². The highest BCUT2D eigenvalue weighted by molar-refractivity contribution is 8.00. The third-order valence-corrected chi connectivity index (χ3v) is 6.18. The third-order valence-electron chi connectivity index (χ3n) is 4.78. The molecule has 3 nitrogen and oxygen atoms in total. The molecule has 1 amide bonds. The number of hydrogen-bond donors (Lipinski definition) is 1. The number of amides is 1. The second kappa shape index (κ2) is 3.89. The van der Waals surface area contributed by atoms with Crippen LogP contribution >= 0.6 is 11.8 Å². The van der Waals surface area contributed by atoms with Gasteiger partial charge in [0.15, 0.2) is 0 Å². The van der Waals surface area contributed by atoms with Gasteiger partial charge in [0.05, 0.1) is 11.7 Å². The molecule has 17 heavy (non-hydrogen) atoms. The summed E-state index contributed by atoms with van der Waals surface area (Å²) in [5.74, 6) is 0.378. The fourth-order valence-electron chi connectivity index (χ4n) is 3.41. The van der Waals surface area contributed by atoms with Crippen molar-refractivity contribution in [3.63, 3.8) is 0 Å². The second-order valence-corrected chi connectivity index (χ2v) is 7.20. The fourth-order valence-corrected chi connectivity index (χ4v) is 4.19. The summed E-state index contributed by atoms with van der Waals surface area (Å²) in [5, 5.41) is 3.57. The molecule has 0 aromatic carbocycles. The minimum absolute atomic E-state index is 0.187. The van der Waals surface area contributed by atoms with Gasteiger partial charge in [-0.1, -0.05) is 12.8 Å². The van der Waals surface area contributed by atoms with Gasteiger partial charge in [-0.2, -0.15) is 11.8 Å². The lowest BCUT2D eigenvalue weighted by molar-refractivity contribution is -0.133. The first-order valence-electron chi connectivity index (χ1n) is 6.75. The van der Waals surface area contributed by atoms with Gasteiger partial charge in [-0.05, 0) is 38.9 Å². The molecule has 1 saturated heterocycles. The molecule has 1 N–H and O–H groups in total. The van der Waals surface area contributed by atoms with E-state index in [0.717, 1.165) is 19.4 Å². The van der Waals surface area contributed by atoms with Crippen molar-refractivity contribution >= 4 is 17.7 Å². The van der Waals surface area contributed by atoms with Crippen LogP contribution in [-0.2, 0) is 4.79 Å². The monoisotopic (exact) mass is 254 g/mol. The van der Waals surface area contributed by atoms with E-state index in [2.05, 4.69) is 23.4 Å². The van der Waals surface area contributed by atoms with E-state index < -0.39 is 0 Å². The van der Waals surface area contributed by atoms with E-state index >= 15 is 0 Å². The minimum atomic E-state index is -0.187. The molecule has 3 rings (SSSR count). The molecule has 2 saturated carbocycles. The lowest BCUT2D eigenvalue weighted by Crippen LogP contribution is -2.44. The molecular weight excluding hydrogens is 232 g/mol. The molecule has 1 unspecified atom stereocenters. The summed E-state index contributed by atoms with van der Waals surface area (Å²) in [5.41, 5.74) is -0.187. The van der Waals surface area contributed by atoms with Crippen molar-refractivity contribution in [2.45, 2.75) is 61.9 Å². The highest BCUT2D eigenvalue weighted by atomic mass is 32.2. The average molecular weight is 254 g/mol. The number of thioether (sulfide) groups is 1. The Morgan fingerprint density at radius 3 is 2.53 bits per heavy atom. The molecule has 1 atom stereocenters. The van der Waals surface area contributed by atoms with Gasteiger partial charge >= 0.3 is 0 Å². The van der Waals surface area contributed by atoms with Gasteiger partial charge in [0.2, 0.25) is 5.91 Å². The molecule has 2 aliphatic carbocycles. The summed E-state index contributed by atoms with van der Waals surface area (Å²) in [6, 6.07) is 0. The van der Waals surface area contributed by atoms with Crippen LogP contribution in [-0.4, -0.2) is 40.1 Å². The Hall–Kier alpha value is -0.220. The largest absolute Gasteiger partial charge is 0.324 e. The average Bonchev–Trinajstić information content (AvgIpc) is 2.89. The molecule has 96 valence electrons.